The van der Waals surface area contributed by atoms with Gasteiger partial charge in [-0.25, -0.2) is 0 Å². The molecule has 0 aromatic rings. The monoisotopic (exact) mass is 118 g/mol. The molecule has 0 aliphatic heterocycles. The molecule has 0 N–H and O–H groups in total. The summed E-state index contributed by atoms with van der Waals surface area (Å²) in [4.78, 5) is 0. The van der Waals surface area contributed by atoms with E-state index in [1.54, 1.807) is 0 Å². The van der Waals surface area contributed by atoms with Crippen LogP contribution >= 0.6 is 0 Å². The summed E-state index contributed by atoms with van der Waals surface area (Å²) in [5.74, 6) is 0. The van der Waals surface area contributed by atoms with Crippen molar-refractivity contribution in [3.63, 3.8) is 0 Å². The molecular formula is C9H10. The van der Waals surface area contributed by atoms with Gasteiger partial charge in [0.15, 0.2) is 0 Å². The van der Waals surface area contributed by atoms with Crippen LogP contribution in [0.2, 0.25) is 0 Å². The first-order valence-corrected chi connectivity index (χ1v) is 3.02. The molecule has 0 heteroatoms. The second-order valence-corrected chi connectivity index (χ2v) is 2.06. The Bertz CT molecular complexity index is 188. The summed E-state index contributed by atoms with van der Waals surface area (Å²) in [7, 11) is 0. The molecule has 1 aliphatic rings. The summed E-state index contributed by atoms with van der Waals surface area (Å²) >= 11 is 0. The van der Waals surface area contributed by atoms with Gasteiger partial charge in [-0.15, -0.1) is 0 Å². The molecule has 0 atom stereocenters. The molecule has 9 heavy (non-hydrogen) atoms. The van der Waals surface area contributed by atoms with Crippen molar-refractivity contribution in [3.8, 4) is 0 Å². The van der Waals surface area contributed by atoms with Gasteiger partial charge in [0.25, 0.3) is 0 Å². The van der Waals surface area contributed by atoms with Crippen molar-refractivity contribution in [2.45, 2.75) is 6.92 Å². The zero-order valence-corrected chi connectivity index (χ0v) is 5.59. The van der Waals surface area contributed by atoms with Gasteiger partial charge in [-0.3, -0.25) is 0 Å². The minimum atomic E-state index is 1.24. The van der Waals surface area contributed by atoms with Gasteiger partial charge in [-0.1, -0.05) is 37.0 Å². The average molecular weight is 118 g/mol. The van der Waals surface area contributed by atoms with Gasteiger partial charge in [-0.05, 0) is 18.1 Å². The number of rotatable bonds is 1. The Balaban J connectivity index is 2.93. The van der Waals surface area contributed by atoms with E-state index in [0.29, 0.717) is 0 Å². The highest BCUT2D eigenvalue weighted by molar-refractivity contribution is 5.45. The molecule has 0 heterocycles. The molecule has 1 aliphatic carbocycles. The summed E-state index contributed by atoms with van der Waals surface area (Å²) in [6, 6.07) is 0. The first kappa shape index (κ1) is 6.09. The molecule has 0 nitrogen and oxygen atoms in total. The SMILES string of the molecule is C=CC(C)=C1C=CC=C1. The average Bonchev–Trinajstić information content (AvgIpc) is 2.37. The maximum atomic E-state index is 3.68. The van der Waals surface area contributed by atoms with Crippen LogP contribution in [-0.2, 0) is 0 Å². The van der Waals surface area contributed by atoms with Crippen molar-refractivity contribution in [1.82, 2.24) is 0 Å². The number of hydrogen-bond donors (Lipinski definition) is 0. The lowest BCUT2D eigenvalue weighted by Gasteiger charge is -1.92. The summed E-state index contributed by atoms with van der Waals surface area (Å²) in [5.41, 5.74) is 2.50. The largest absolute Gasteiger partial charge is 0.0988 e. The van der Waals surface area contributed by atoms with Crippen LogP contribution in [-0.4, -0.2) is 0 Å². The fourth-order valence-corrected chi connectivity index (χ4v) is 0.755. The van der Waals surface area contributed by atoms with Gasteiger partial charge in [0, 0.05) is 0 Å². The van der Waals surface area contributed by atoms with Gasteiger partial charge >= 0.3 is 0 Å². The third-order valence-electron chi connectivity index (χ3n) is 1.42. The van der Waals surface area contributed by atoms with Crippen LogP contribution in [0, 0.1) is 0 Å². The number of hydrogen-bond acceptors (Lipinski definition) is 0. The zero-order chi connectivity index (χ0) is 6.69. The van der Waals surface area contributed by atoms with Crippen LogP contribution in [0.1, 0.15) is 6.92 Å². The minimum absolute atomic E-state index is 1.24. The van der Waals surface area contributed by atoms with E-state index in [-0.39, 0.29) is 0 Å². The van der Waals surface area contributed by atoms with Crippen LogP contribution in [0.5, 0.6) is 0 Å². The number of allylic oxidation sites excluding steroid dienone is 7. The Labute approximate surface area is 55.9 Å². The van der Waals surface area contributed by atoms with E-state index in [9.17, 15) is 0 Å². The Morgan fingerprint density at radius 1 is 1.44 bits per heavy atom. The molecule has 1 rings (SSSR count). The van der Waals surface area contributed by atoms with Crippen LogP contribution in [0.3, 0.4) is 0 Å². The highest BCUT2D eigenvalue weighted by atomic mass is 14.0. The smallest absolute Gasteiger partial charge is 0.0228 e. The van der Waals surface area contributed by atoms with Gasteiger partial charge in [0.05, 0.1) is 0 Å². The second kappa shape index (κ2) is 2.49. The van der Waals surface area contributed by atoms with Crippen molar-refractivity contribution in [2.24, 2.45) is 0 Å². The molecule has 0 saturated carbocycles. The van der Waals surface area contributed by atoms with Crippen molar-refractivity contribution < 1.29 is 0 Å². The van der Waals surface area contributed by atoms with Gasteiger partial charge in [0.2, 0.25) is 0 Å². The van der Waals surface area contributed by atoms with Crippen LogP contribution < -0.4 is 0 Å². The third-order valence-corrected chi connectivity index (χ3v) is 1.42. The van der Waals surface area contributed by atoms with Crippen molar-refractivity contribution >= 4 is 0 Å². The molecule has 0 unspecified atom stereocenters. The molecule has 0 bridgehead atoms. The van der Waals surface area contributed by atoms with Gasteiger partial charge < -0.3 is 0 Å². The fourth-order valence-electron chi connectivity index (χ4n) is 0.755. The van der Waals surface area contributed by atoms with Gasteiger partial charge in [-0.2, -0.15) is 0 Å². The standard InChI is InChI=1S/C9H10/c1-3-8(2)9-6-4-5-7-9/h3-7H,1H2,2H3. The Morgan fingerprint density at radius 3 is 2.44 bits per heavy atom. The predicted octanol–water partition coefficient (Wildman–Crippen LogP) is 2.61. The third kappa shape index (κ3) is 1.20. The summed E-state index contributed by atoms with van der Waals surface area (Å²) in [5, 5.41) is 0. The zero-order valence-electron chi connectivity index (χ0n) is 5.59. The molecule has 0 fully saturated rings. The van der Waals surface area contributed by atoms with E-state index < -0.39 is 0 Å². The lowest BCUT2D eigenvalue weighted by Crippen LogP contribution is -1.72. The molecule has 0 spiro atoms. The van der Waals surface area contributed by atoms with E-state index in [1.807, 2.05) is 18.2 Å². The predicted molar refractivity (Wildman–Crippen MR) is 41.2 cm³/mol. The van der Waals surface area contributed by atoms with E-state index in [0.717, 1.165) is 0 Å². The molecule has 0 saturated heterocycles. The van der Waals surface area contributed by atoms with Crippen molar-refractivity contribution in [1.29, 1.82) is 0 Å². The lowest BCUT2D eigenvalue weighted by atomic mass is 10.1. The van der Waals surface area contributed by atoms with E-state index in [4.69, 9.17) is 0 Å². The topological polar surface area (TPSA) is 0 Å². The molecule has 0 amide bonds. The van der Waals surface area contributed by atoms with Crippen molar-refractivity contribution in [2.75, 3.05) is 0 Å². The first-order chi connectivity index (χ1) is 4.34. The lowest BCUT2D eigenvalue weighted by molar-refractivity contribution is 1.47. The van der Waals surface area contributed by atoms with Crippen LogP contribution in [0.4, 0.5) is 0 Å². The second-order valence-electron chi connectivity index (χ2n) is 2.06. The summed E-state index contributed by atoms with van der Waals surface area (Å²) in [6.45, 7) is 5.74. The minimum Gasteiger partial charge on any atom is -0.0988 e. The highest BCUT2D eigenvalue weighted by Crippen LogP contribution is 2.12. The van der Waals surface area contributed by atoms with E-state index >= 15 is 0 Å². The molecular weight excluding hydrogens is 108 g/mol. The maximum absolute atomic E-state index is 3.68. The van der Waals surface area contributed by atoms with E-state index in [2.05, 4.69) is 25.7 Å². The van der Waals surface area contributed by atoms with Crippen LogP contribution in [0.15, 0.2) is 48.1 Å². The highest BCUT2D eigenvalue weighted by Gasteiger charge is 1.92. The first-order valence-electron chi connectivity index (χ1n) is 3.02. The Kier molecular flexibility index (Phi) is 1.69. The molecule has 0 aromatic carbocycles. The Morgan fingerprint density at radius 2 is 2.00 bits per heavy atom. The summed E-state index contributed by atoms with van der Waals surface area (Å²) in [6.07, 6.45) is 10.1. The Hall–Kier alpha value is -1.04. The molecule has 0 radical (unpaired) electrons. The quantitative estimate of drug-likeness (QED) is 0.496. The van der Waals surface area contributed by atoms with Crippen molar-refractivity contribution in [3.05, 3.63) is 48.1 Å². The normalized spacial score (nSPS) is 14.6. The fraction of sp³-hybridized carbons (Fsp3) is 0.111. The maximum Gasteiger partial charge on any atom is -0.0228 e. The van der Waals surface area contributed by atoms with Crippen LogP contribution in [0.25, 0.3) is 0 Å². The van der Waals surface area contributed by atoms with Gasteiger partial charge in [0.1, 0.15) is 0 Å². The summed E-state index contributed by atoms with van der Waals surface area (Å²) < 4.78 is 0. The molecule has 0 aromatic heterocycles. The molecule has 46 valence electrons. The van der Waals surface area contributed by atoms with E-state index in [1.165, 1.54) is 11.1 Å².